The molecular weight excluding hydrogens is 428 g/mol. The first kappa shape index (κ1) is 23.0. The Kier molecular flexibility index (Phi) is 6.59. The second-order valence-corrected chi connectivity index (χ2v) is 7.94. The number of carbonyl (C=O) groups excluding carboxylic acids is 2. The topological polar surface area (TPSA) is 79.6 Å². The van der Waals surface area contributed by atoms with Crippen molar-refractivity contribution in [3.63, 3.8) is 0 Å². The molecule has 0 bridgehead atoms. The molecule has 4 aromatic rings. The average molecular weight is 455 g/mol. The first-order valence-corrected chi connectivity index (χ1v) is 11.3. The van der Waals surface area contributed by atoms with Crippen molar-refractivity contribution in [2.45, 2.75) is 20.8 Å². The monoisotopic (exact) mass is 454 g/mol. The maximum absolute atomic E-state index is 13.1. The molecule has 6 heteroatoms. The number of carbonyl (C=O) groups is 2. The van der Waals surface area contributed by atoms with Crippen molar-refractivity contribution in [1.29, 1.82) is 0 Å². The first-order chi connectivity index (χ1) is 16.4. The summed E-state index contributed by atoms with van der Waals surface area (Å²) >= 11 is 0. The number of anilines is 1. The van der Waals surface area contributed by atoms with Gasteiger partial charge < -0.3 is 14.6 Å². The Labute approximate surface area is 197 Å². The number of hydrogen-bond donors (Lipinski definition) is 1. The fraction of sp³-hybridized carbons (Fsp3) is 0.179. The van der Waals surface area contributed by atoms with Gasteiger partial charge in [0.05, 0.1) is 10.9 Å². The molecular formula is C28H26N2O4. The zero-order valence-electron chi connectivity index (χ0n) is 19.4. The number of fused-ring (bicyclic) bond motifs is 1. The third-order valence-corrected chi connectivity index (χ3v) is 5.87. The van der Waals surface area contributed by atoms with Gasteiger partial charge in [0.1, 0.15) is 5.76 Å². The molecule has 0 unspecified atom stereocenters. The van der Waals surface area contributed by atoms with E-state index in [0.717, 1.165) is 5.56 Å². The van der Waals surface area contributed by atoms with Gasteiger partial charge in [0.15, 0.2) is 11.0 Å². The predicted octanol–water partition coefficient (Wildman–Crippen LogP) is 5.50. The lowest BCUT2D eigenvalue weighted by Crippen LogP contribution is -2.30. The molecule has 1 N–H and O–H groups in total. The Bertz CT molecular complexity index is 1400. The Morgan fingerprint density at radius 2 is 1.56 bits per heavy atom. The van der Waals surface area contributed by atoms with Crippen molar-refractivity contribution in [2.75, 3.05) is 18.4 Å². The van der Waals surface area contributed by atoms with E-state index in [1.165, 1.54) is 0 Å². The van der Waals surface area contributed by atoms with Crippen molar-refractivity contribution in [1.82, 2.24) is 4.90 Å². The minimum absolute atomic E-state index is 0.0532. The van der Waals surface area contributed by atoms with E-state index in [4.69, 9.17) is 4.42 Å². The lowest BCUT2D eigenvalue weighted by atomic mass is 10.0. The summed E-state index contributed by atoms with van der Waals surface area (Å²) in [6.07, 6.45) is 0. The minimum Gasteiger partial charge on any atom is -0.455 e. The molecule has 3 aromatic carbocycles. The van der Waals surface area contributed by atoms with Crippen LogP contribution in [0.15, 0.2) is 82.0 Å². The molecule has 0 aliphatic heterocycles. The van der Waals surface area contributed by atoms with E-state index in [9.17, 15) is 14.4 Å². The lowest BCUT2D eigenvalue weighted by molar-refractivity contribution is 0.0773. The zero-order chi connectivity index (χ0) is 24.2. The van der Waals surface area contributed by atoms with Crippen LogP contribution < -0.4 is 10.7 Å². The van der Waals surface area contributed by atoms with Crippen LogP contribution in [-0.2, 0) is 0 Å². The van der Waals surface area contributed by atoms with Crippen LogP contribution in [0.5, 0.6) is 0 Å². The SMILES string of the molecule is CCN(CC)C(=O)c1ccc(NC(=O)c2cccc3c(=O)c(C)c(-c4ccccc4)oc23)cc1. The standard InChI is InChI=1S/C28H26N2O4/c1-4-30(5-2)28(33)20-14-16-21(17-15-20)29-27(32)23-13-9-12-22-24(31)18(3)25(34-26(22)23)19-10-7-6-8-11-19/h6-17H,4-5H2,1-3H3,(H,29,32). The van der Waals surface area contributed by atoms with Gasteiger partial charge in [-0.25, -0.2) is 0 Å². The lowest BCUT2D eigenvalue weighted by Gasteiger charge is -2.18. The molecule has 0 aliphatic rings. The van der Waals surface area contributed by atoms with E-state index in [-0.39, 0.29) is 22.5 Å². The van der Waals surface area contributed by atoms with Crippen LogP contribution in [0.3, 0.4) is 0 Å². The predicted molar refractivity (Wildman–Crippen MR) is 134 cm³/mol. The highest BCUT2D eigenvalue weighted by atomic mass is 16.3. The number of hydrogen-bond acceptors (Lipinski definition) is 4. The summed E-state index contributed by atoms with van der Waals surface area (Å²) in [7, 11) is 0. The third-order valence-electron chi connectivity index (χ3n) is 5.87. The van der Waals surface area contributed by atoms with E-state index in [2.05, 4.69) is 5.32 Å². The van der Waals surface area contributed by atoms with E-state index in [1.807, 2.05) is 44.2 Å². The molecule has 34 heavy (non-hydrogen) atoms. The molecule has 1 aromatic heterocycles. The maximum atomic E-state index is 13.1. The Morgan fingerprint density at radius 1 is 0.882 bits per heavy atom. The molecule has 2 amide bonds. The van der Waals surface area contributed by atoms with Crippen LogP contribution in [0.25, 0.3) is 22.3 Å². The fourth-order valence-electron chi connectivity index (χ4n) is 3.94. The fourth-order valence-corrected chi connectivity index (χ4v) is 3.94. The van der Waals surface area contributed by atoms with Crippen LogP contribution >= 0.6 is 0 Å². The smallest absolute Gasteiger partial charge is 0.259 e. The van der Waals surface area contributed by atoms with Crippen LogP contribution in [0.2, 0.25) is 0 Å². The van der Waals surface area contributed by atoms with Crippen LogP contribution in [0.1, 0.15) is 40.1 Å². The van der Waals surface area contributed by atoms with Gasteiger partial charge in [-0.05, 0) is 57.2 Å². The third kappa shape index (κ3) is 4.35. The van der Waals surface area contributed by atoms with Crippen molar-refractivity contribution < 1.29 is 14.0 Å². The van der Waals surface area contributed by atoms with Gasteiger partial charge >= 0.3 is 0 Å². The number of amides is 2. The maximum Gasteiger partial charge on any atom is 0.259 e. The van der Waals surface area contributed by atoms with Crippen molar-refractivity contribution >= 4 is 28.5 Å². The molecule has 0 saturated heterocycles. The van der Waals surface area contributed by atoms with Gasteiger partial charge in [-0.15, -0.1) is 0 Å². The van der Waals surface area contributed by atoms with E-state index in [1.54, 1.807) is 54.3 Å². The highest BCUT2D eigenvalue weighted by molar-refractivity contribution is 6.11. The average Bonchev–Trinajstić information content (AvgIpc) is 2.87. The van der Waals surface area contributed by atoms with Gasteiger partial charge in [0, 0.05) is 35.5 Å². The zero-order valence-corrected chi connectivity index (χ0v) is 19.4. The highest BCUT2D eigenvalue weighted by Crippen LogP contribution is 2.27. The molecule has 172 valence electrons. The van der Waals surface area contributed by atoms with Gasteiger partial charge in [0.2, 0.25) is 0 Å². The second-order valence-electron chi connectivity index (χ2n) is 7.94. The summed E-state index contributed by atoms with van der Waals surface area (Å²) < 4.78 is 6.14. The Morgan fingerprint density at radius 3 is 2.21 bits per heavy atom. The van der Waals surface area contributed by atoms with Crippen LogP contribution in [0, 0.1) is 6.92 Å². The van der Waals surface area contributed by atoms with Crippen LogP contribution in [-0.4, -0.2) is 29.8 Å². The van der Waals surface area contributed by atoms with E-state index >= 15 is 0 Å². The van der Waals surface area contributed by atoms with E-state index in [0.29, 0.717) is 41.1 Å². The molecule has 0 aliphatic carbocycles. The summed E-state index contributed by atoms with van der Waals surface area (Å²) in [5.74, 6) is -0.0143. The number of nitrogens with zero attached hydrogens (tertiary/aromatic N) is 1. The normalized spacial score (nSPS) is 10.8. The van der Waals surface area contributed by atoms with Gasteiger partial charge in [-0.3, -0.25) is 14.4 Å². The van der Waals surface area contributed by atoms with Gasteiger partial charge in [0.25, 0.3) is 11.8 Å². The summed E-state index contributed by atoms with van der Waals surface area (Å²) in [4.78, 5) is 40.4. The van der Waals surface area contributed by atoms with Crippen molar-refractivity contribution in [3.05, 3.63) is 99.7 Å². The quantitative estimate of drug-likeness (QED) is 0.417. The summed E-state index contributed by atoms with van der Waals surface area (Å²) in [6.45, 7) is 6.85. The van der Waals surface area contributed by atoms with E-state index < -0.39 is 5.91 Å². The number of para-hydroxylation sites is 1. The number of nitrogens with one attached hydrogen (secondary N) is 1. The molecule has 1 heterocycles. The minimum atomic E-state index is -0.403. The summed E-state index contributed by atoms with van der Waals surface area (Å²) in [5.41, 5.74) is 2.68. The second kappa shape index (κ2) is 9.75. The number of benzene rings is 3. The Balaban J connectivity index is 1.68. The van der Waals surface area contributed by atoms with Crippen molar-refractivity contribution in [2.24, 2.45) is 0 Å². The number of rotatable bonds is 6. The molecule has 6 nitrogen and oxygen atoms in total. The summed E-state index contributed by atoms with van der Waals surface area (Å²) in [6, 6.07) is 21.1. The molecule has 0 saturated carbocycles. The Hall–Kier alpha value is -4.19. The highest BCUT2D eigenvalue weighted by Gasteiger charge is 2.19. The first-order valence-electron chi connectivity index (χ1n) is 11.3. The van der Waals surface area contributed by atoms with Gasteiger partial charge in [-0.1, -0.05) is 36.4 Å². The molecule has 0 atom stereocenters. The largest absolute Gasteiger partial charge is 0.455 e. The van der Waals surface area contributed by atoms with Crippen molar-refractivity contribution in [3.8, 4) is 11.3 Å². The molecule has 0 radical (unpaired) electrons. The molecule has 0 spiro atoms. The molecule has 4 rings (SSSR count). The van der Waals surface area contributed by atoms with Crippen LogP contribution in [0.4, 0.5) is 5.69 Å². The van der Waals surface area contributed by atoms with Gasteiger partial charge in [-0.2, -0.15) is 0 Å². The summed E-state index contributed by atoms with van der Waals surface area (Å²) in [5, 5.41) is 3.19. The molecule has 0 fully saturated rings.